The zero-order chi connectivity index (χ0) is 22.6. The van der Waals surface area contributed by atoms with E-state index < -0.39 is 0 Å². The number of benzene rings is 3. The fourth-order valence-electron chi connectivity index (χ4n) is 4.00. The van der Waals surface area contributed by atoms with Crippen molar-refractivity contribution in [2.75, 3.05) is 0 Å². The van der Waals surface area contributed by atoms with Gasteiger partial charge in [-0.1, -0.05) is 84.8 Å². The van der Waals surface area contributed by atoms with Gasteiger partial charge in [-0.15, -0.1) is 23.8 Å². The monoisotopic (exact) mass is 622 g/mol. The SMILES string of the molecule is CC(c1ccccc1)c1cc(-c2ccccn2)[c-]c(-c2cccc(-c3ccccc3O)n2)c1.[Pt]. The van der Waals surface area contributed by atoms with Crippen LogP contribution in [0.15, 0.2) is 109 Å². The molecule has 2 heterocycles. The molecule has 3 nitrogen and oxygen atoms in total. The average molecular weight is 623 g/mol. The first-order valence-corrected chi connectivity index (χ1v) is 11.0. The largest absolute Gasteiger partial charge is 0.507 e. The molecule has 170 valence electrons. The number of hydrogen-bond donors (Lipinski definition) is 1. The standard InChI is InChI=1S/C30H23N2O.Pt/c1-21(22-10-3-2-4-11-22)23-18-24(27-13-7-8-17-31-27)20-25(19-23)28-14-9-15-29(32-28)26-12-5-6-16-30(26)33;/h2-19,21,33H,1H3;/q-1;. The second-order valence-electron chi connectivity index (χ2n) is 8.01. The van der Waals surface area contributed by atoms with Gasteiger partial charge >= 0.3 is 0 Å². The Morgan fingerprint density at radius 3 is 2.06 bits per heavy atom. The molecule has 1 atom stereocenters. The molecule has 0 spiro atoms. The Morgan fingerprint density at radius 2 is 1.32 bits per heavy atom. The van der Waals surface area contributed by atoms with E-state index in [-0.39, 0.29) is 32.7 Å². The number of aromatic nitrogens is 2. The third kappa shape index (κ3) is 5.00. The molecule has 5 aromatic rings. The molecule has 0 aliphatic heterocycles. The molecule has 3 aromatic carbocycles. The number of pyridine rings is 2. The van der Waals surface area contributed by atoms with Gasteiger partial charge in [-0.3, -0.25) is 9.97 Å². The first kappa shape index (κ1) is 23.6. The number of phenols is 1. The fraction of sp³-hybridized carbons (Fsp3) is 0.0667. The van der Waals surface area contributed by atoms with Gasteiger partial charge in [-0.05, 0) is 35.7 Å². The van der Waals surface area contributed by atoms with Crippen LogP contribution in [0, 0.1) is 6.07 Å². The molecule has 5 rings (SSSR count). The molecule has 0 fully saturated rings. The predicted octanol–water partition coefficient (Wildman–Crippen LogP) is 7.13. The van der Waals surface area contributed by atoms with Crippen molar-refractivity contribution in [3.8, 4) is 39.5 Å². The third-order valence-corrected chi connectivity index (χ3v) is 5.84. The Morgan fingerprint density at radius 1 is 0.676 bits per heavy atom. The molecule has 0 bridgehead atoms. The summed E-state index contributed by atoms with van der Waals surface area (Å²) in [5, 5.41) is 10.3. The van der Waals surface area contributed by atoms with Crippen LogP contribution in [-0.2, 0) is 21.1 Å². The van der Waals surface area contributed by atoms with E-state index >= 15 is 0 Å². The minimum absolute atomic E-state index is 0. The molecule has 1 N–H and O–H groups in total. The van der Waals surface area contributed by atoms with Crippen LogP contribution < -0.4 is 0 Å². The minimum Gasteiger partial charge on any atom is -0.507 e. The molecule has 0 aliphatic rings. The van der Waals surface area contributed by atoms with E-state index in [2.05, 4.69) is 54.4 Å². The van der Waals surface area contributed by atoms with Crippen molar-refractivity contribution in [2.45, 2.75) is 12.8 Å². The Kier molecular flexibility index (Phi) is 7.35. The number of hydrogen-bond acceptors (Lipinski definition) is 3. The molecule has 0 radical (unpaired) electrons. The van der Waals surface area contributed by atoms with Crippen molar-refractivity contribution >= 4 is 0 Å². The minimum atomic E-state index is 0. The number of phenolic OH excluding ortho intramolecular Hbond substituents is 1. The van der Waals surface area contributed by atoms with E-state index in [1.165, 1.54) is 11.1 Å². The summed E-state index contributed by atoms with van der Waals surface area (Å²) in [5.74, 6) is 0.412. The Labute approximate surface area is 214 Å². The quantitative estimate of drug-likeness (QED) is 0.212. The van der Waals surface area contributed by atoms with Crippen LogP contribution in [0.4, 0.5) is 0 Å². The van der Waals surface area contributed by atoms with Crippen LogP contribution in [0.3, 0.4) is 0 Å². The number of aromatic hydroxyl groups is 1. The maximum atomic E-state index is 10.3. The van der Waals surface area contributed by atoms with E-state index in [4.69, 9.17) is 4.98 Å². The third-order valence-electron chi connectivity index (χ3n) is 5.84. The Bertz CT molecular complexity index is 1390. The number of nitrogens with zero attached hydrogens (tertiary/aromatic N) is 2. The van der Waals surface area contributed by atoms with Crippen molar-refractivity contribution in [1.82, 2.24) is 9.97 Å². The summed E-state index contributed by atoms with van der Waals surface area (Å²) < 4.78 is 0. The summed E-state index contributed by atoms with van der Waals surface area (Å²) in [7, 11) is 0. The molecule has 0 saturated heterocycles. The van der Waals surface area contributed by atoms with Gasteiger partial charge in [0.2, 0.25) is 0 Å². The Hall–Kier alpha value is -3.55. The molecule has 0 aliphatic carbocycles. The summed E-state index contributed by atoms with van der Waals surface area (Å²) in [4.78, 5) is 9.42. The molecule has 34 heavy (non-hydrogen) atoms. The van der Waals surface area contributed by atoms with Crippen molar-refractivity contribution in [3.63, 3.8) is 0 Å². The van der Waals surface area contributed by atoms with E-state index in [0.717, 1.165) is 28.2 Å². The molecule has 1 unspecified atom stereocenters. The van der Waals surface area contributed by atoms with Gasteiger partial charge in [0.1, 0.15) is 5.75 Å². The fourth-order valence-corrected chi connectivity index (χ4v) is 4.00. The number of rotatable bonds is 5. The first-order chi connectivity index (χ1) is 16.2. The summed E-state index contributed by atoms with van der Waals surface area (Å²) in [6.07, 6.45) is 1.80. The van der Waals surface area contributed by atoms with Crippen LogP contribution in [0.1, 0.15) is 24.0 Å². The van der Waals surface area contributed by atoms with Crippen molar-refractivity contribution in [3.05, 3.63) is 127 Å². The Balaban J connectivity index is 0.00000274. The predicted molar refractivity (Wildman–Crippen MR) is 133 cm³/mol. The van der Waals surface area contributed by atoms with Crippen LogP contribution in [-0.4, -0.2) is 15.1 Å². The van der Waals surface area contributed by atoms with Gasteiger partial charge in [0, 0.05) is 44.2 Å². The zero-order valence-corrected chi connectivity index (χ0v) is 20.9. The molecular weight excluding hydrogens is 599 g/mol. The van der Waals surface area contributed by atoms with Gasteiger partial charge in [0.05, 0.1) is 5.69 Å². The first-order valence-electron chi connectivity index (χ1n) is 11.0. The molecule has 4 heteroatoms. The normalized spacial score (nSPS) is 11.4. The van der Waals surface area contributed by atoms with E-state index in [1.54, 1.807) is 12.3 Å². The smallest absolute Gasteiger partial charge is 0.124 e. The van der Waals surface area contributed by atoms with Crippen molar-refractivity contribution in [1.29, 1.82) is 0 Å². The van der Waals surface area contributed by atoms with Crippen LogP contribution in [0.2, 0.25) is 0 Å². The average Bonchev–Trinajstić information content (AvgIpc) is 2.89. The topological polar surface area (TPSA) is 46.0 Å². The van der Waals surface area contributed by atoms with Crippen molar-refractivity contribution in [2.24, 2.45) is 0 Å². The second-order valence-corrected chi connectivity index (χ2v) is 8.01. The molecule has 2 aromatic heterocycles. The van der Waals surface area contributed by atoms with E-state index in [9.17, 15) is 5.11 Å². The molecular formula is C30H23N2OPt-. The van der Waals surface area contributed by atoms with Gasteiger partial charge in [-0.25, -0.2) is 0 Å². The van der Waals surface area contributed by atoms with Gasteiger partial charge in [0.25, 0.3) is 0 Å². The van der Waals surface area contributed by atoms with Crippen LogP contribution in [0.25, 0.3) is 33.8 Å². The summed E-state index contributed by atoms with van der Waals surface area (Å²) >= 11 is 0. The zero-order valence-electron chi connectivity index (χ0n) is 18.6. The van der Waals surface area contributed by atoms with Crippen LogP contribution in [0.5, 0.6) is 5.75 Å². The maximum Gasteiger partial charge on any atom is 0.124 e. The maximum absolute atomic E-state index is 10.3. The van der Waals surface area contributed by atoms with E-state index in [0.29, 0.717) is 5.56 Å². The molecule has 0 saturated carbocycles. The summed E-state index contributed by atoms with van der Waals surface area (Å²) in [5.41, 5.74) is 7.35. The summed E-state index contributed by atoms with van der Waals surface area (Å²) in [6.45, 7) is 2.21. The van der Waals surface area contributed by atoms with Gasteiger partial charge < -0.3 is 5.11 Å². The van der Waals surface area contributed by atoms with Crippen molar-refractivity contribution < 1.29 is 26.2 Å². The second kappa shape index (κ2) is 10.6. The van der Waals surface area contributed by atoms with Gasteiger partial charge in [0.15, 0.2) is 0 Å². The summed E-state index contributed by atoms with van der Waals surface area (Å²) in [6, 6.07) is 37.3. The van der Waals surface area contributed by atoms with Gasteiger partial charge in [-0.2, -0.15) is 0 Å². The molecule has 0 amide bonds. The number of para-hydroxylation sites is 1. The van der Waals surface area contributed by atoms with Crippen LogP contribution >= 0.6 is 0 Å². The van der Waals surface area contributed by atoms with E-state index in [1.807, 2.05) is 60.7 Å².